The number of anilines is 1. The fourth-order valence-corrected chi connectivity index (χ4v) is 1.88. The molecule has 5 nitrogen and oxygen atoms in total. The van der Waals surface area contributed by atoms with Gasteiger partial charge in [0.25, 0.3) is 5.91 Å². The molecule has 0 radical (unpaired) electrons. The van der Waals surface area contributed by atoms with Crippen LogP contribution in [-0.2, 0) is 11.8 Å². The number of hydrogen-bond donors (Lipinski definition) is 1. The fourth-order valence-electron chi connectivity index (χ4n) is 1.88. The Balaban J connectivity index is 2.20. The van der Waals surface area contributed by atoms with Gasteiger partial charge in [-0.3, -0.25) is 4.79 Å². The monoisotopic (exact) mass is 272 g/mol. The van der Waals surface area contributed by atoms with Gasteiger partial charge in [0.2, 0.25) is 0 Å². The lowest BCUT2D eigenvalue weighted by atomic mass is 10.2. The van der Waals surface area contributed by atoms with Crippen LogP contribution in [0.25, 0.3) is 0 Å². The van der Waals surface area contributed by atoms with Gasteiger partial charge in [-0.15, -0.1) is 0 Å². The Hall–Kier alpha value is -2.56. The maximum atomic E-state index is 12.2. The van der Waals surface area contributed by atoms with Gasteiger partial charge in [-0.05, 0) is 37.3 Å². The molecule has 20 heavy (non-hydrogen) atoms. The van der Waals surface area contributed by atoms with E-state index in [2.05, 4.69) is 10.1 Å². The zero-order chi connectivity index (χ0) is 14.7. The van der Waals surface area contributed by atoms with Gasteiger partial charge in [0.1, 0.15) is 5.69 Å². The molecule has 0 unspecified atom stereocenters. The number of esters is 1. The van der Waals surface area contributed by atoms with Crippen molar-refractivity contribution in [2.75, 3.05) is 12.4 Å². The average Bonchev–Trinajstić information content (AvgIpc) is 2.78. The van der Waals surface area contributed by atoms with Crippen LogP contribution in [0.5, 0.6) is 0 Å². The van der Waals surface area contributed by atoms with E-state index in [0.717, 1.165) is 5.69 Å². The molecule has 2 aromatic rings. The van der Waals surface area contributed by atoms with Crippen LogP contribution in [0.4, 0.5) is 5.69 Å². The Morgan fingerprint density at radius 1 is 1.20 bits per heavy atom. The van der Waals surface area contributed by atoms with Crippen LogP contribution >= 0.6 is 0 Å². The summed E-state index contributed by atoms with van der Waals surface area (Å²) in [6, 6.07) is 10.3. The van der Waals surface area contributed by atoms with Crippen LogP contribution in [0.1, 0.15) is 26.5 Å². The molecular weight excluding hydrogens is 256 g/mol. The molecule has 0 aliphatic heterocycles. The predicted octanol–water partition coefficient (Wildman–Crippen LogP) is 2.37. The number of carbonyl (C=O) groups is 2. The Bertz CT molecular complexity index is 659. The predicted molar refractivity (Wildman–Crippen MR) is 75.9 cm³/mol. The van der Waals surface area contributed by atoms with Gasteiger partial charge >= 0.3 is 5.97 Å². The number of aromatic nitrogens is 1. The summed E-state index contributed by atoms with van der Waals surface area (Å²) in [5.41, 5.74) is 2.51. The lowest BCUT2D eigenvalue weighted by Gasteiger charge is -2.08. The highest BCUT2D eigenvalue weighted by molar-refractivity contribution is 6.04. The molecule has 5 heteroatoms. The fraction of sp³-hybridized carbons (Fsp3) is 0.200. The summed E-state index contributed by atoms with van der Waals surface area (Å²) in [5.74, 6) is -0.654. The van der Waals surface area contributed by atoms with E-state index in [-0.39, 0.29) is 5.91 Å². The standard InChI is InChI=1S/C15H16N2O3/c1-10-7-8-13(17(10)2)14(18)16-12-6-4-5-11(9-12)15(19)20-3/h4-9H,1-3H3,(H,16,18). The molecule has 0 fully saturated rings. The van der Waals surface area contributed by atoms with E-state index >= 15 is 0 Å². The summed E-state index contributed by atoms with van der Waals surface area (Å²) >= 11 is 0. The molecule has 1 N–H and O–H groups in total. The largest absolute Gasteiger partial charge is 0.465 e. The zero-order valence-electron chi connectivity index (χ0n) is 11.6. The first-order valence-corrected chi connectivity index (χ1v) is 6.15. The summed E-state index contributed by atoms with van der Waals surface area (Å²) < 4.78 is 6.45. The number of amides is 1. The highest BCUT2D eigenvalue weighted by Gasteiger charge is 2.12. The highest BCUT2D eigenvalue weighted by atomic mass is 16.5. The molecule has 0 saturated heterocycles. The van der Waals surface area contributed by atoms with Crippen LogP contribution in [0, 0.1) is 6.92 Å². The lowest BCUT2D eigenvalue weighted by molar-refractivity contribution is 0.0600. The van der Waals surface area contributed by atoms with Gasteiger partial charge in [-0.1, -0.05) is 6.07 Å². The lowest BCUT2D eigenvalue weighted by Crippen LogP contribution is -2.16. The number of methoxy groups -OCH3 is 1. The second kappa shape index (κ2) is 5.61. The van der Waals surface area contributed by atoms with E-state index in [1.54, 1.807) is 34.9 Å². The van der Waals surface area contributed by atoms with Crippen molar-refractivity contribution in [3.05, 3.63) is 53.3 Å². The van der Waals surface area contributed by atoms with Crippen LogP contribution < -0.4 is 5.32 Å². The first-order valence-electron chi connectivity index (χ1n) is 6.15. The van der Waals surface area contributed by atoms with Gasteiger partial charge in [-0.2, -0.15) is 0 Å². The smallest absolute Gasteiger partial charge is 0.337 e. The number of nitrogens with one attached hydrogen (secondary N) is 1. The molecule has 104 valence electrons. The molecule has 0 spiro atoms. The van der Waals surface area contributed by atoms with E-state index < -0.39 is 5.97 Å². The quantitative estimate of drug-likeness (QED) is 0.873. The van der Waals surface area contributed by atoms with Crippen molar-refractivity contribution in [2.24, 2.45) is 7.05 Å². The summed E-state index contributed by atoms with van der Waals surface area (Å²) in [6.45, 7) is 1.93. The molecular formula is C15H16N2O3. The van der Waals surface area contributed by atoms with Crippen molar-refractivity contribution >= 4 is 17.6 Å². The summed E-state index contributed by atoms with van der Waals surface area (Å²) in [4.78, 5) is 23.6. The van der Waals surface area contributed by atoms with Crippen LogP contribution in [0.3, 0.4) is 0 Å². The van der Waals surface area contributed by atoms with E-state index in [0.29, 0.717) is 16.9 Å². The number of aryl methyl sites for hydroxylation is 1. The molecule has 0 aliphatic carbocycles. The minimum absolute atomic E-state index is 0.220. The molecule has 0 atom stereocenters. The zero-order valence-corrected chi connectivity index (χ0v) is 11.6. The van der Waals surface area contributed by atoms with Crippen LogP contribution in [0.15, 0.2) is 36.4 Å². The van der Waals surface area contributed by atoms with Crippen molar-refractivity contribution < 1.29 is 14.3 Å². The van der Waals surface area contributed by atoms with E-state index in [1.165, 1.54) is 7.11 Å². The van der Waals surface area contributed by atoms with Gasteiger partial charge < -0.3 is 14.6 Å². The summed E-state index contributed by atoms with van der Waals surface area (Å²) in [7, 11) is 3.15. The van der Waals surface area contributed by atoms with Crippen molar-refractivity contribution in [3.8, 4) is 0 Å². The SMILES string of the molecule is COC(=O)c1cccc(NC(=O)c2ccc(C)n2C)c1. The van der Waals surface area contributed by atoms with Crippen molar-refractivity contribution in [2.45, 2.75) is 6.92 Å². The van der Waals surface area contributed by atoms with Crippen molar-refractivity contribution in [3.63, 3.8) is 0 Å². The molecule has 0 saturated carbocycles. The number of hydrogen-bond acceptors (Lipinski definition) is 3. The van der Waals surface area contributed by atoms with E-state index in [1.807, 2.05) is 20.0 Å². The molecule has 1 heterocycles. The second-order valence-corrected chi connectivity index (χ2v) is 4.45. The third-order valence-electron chi connectivity index (χ3n) is 3.15. The molecule has 1 aromatic carbocycles. The van der Waals surface area contributed by atoms with Gasteiger partial charge in [0.05, 0.1) is 12.7 Å². The number of rotatable bonds is 3. The topological polar surface area (TPSA) is 60.3 Å². The number of benzene rings is 1. The van der Waals surface area contributed by atoms with Gasteiger partial charge in [-0.25, -0.2) is 4.79 Å². The Morgan fingerprint density at radius 3 is 2.55 bits per heavy atom. The average molecular weight is 272 g/mol. The van der Waals surface area contributed by atoms with Crippen molar-refractivity contribution in [1.82, 2.24) is 4.57 Å². The van der Waals surface area contributed by atoms with Crippen molar-refractivity contribution in [1.29, 1.82) is 0 Å². The van der Waals surface area contributed by atoms with E-state index in [4.69, 9.17) is 0 Å². The van der Waals surface area contributed by atoms with Crippen LogP contribution in [0.2, 0.25) is 0 Å². The Morgan fingerprint density at radius 2 is 1.95 bits per heavy atom. The molecule has 1 aromatic heterocycles. The Labute approximate surface area is 117 Å². The number of carbonyl (C=O) groups excluding carboxylic acids is 2. The summed E-state index contributed by atoms with van der Waals surface area (Å²) in [6.07, 6.45) is 0. The highest BCUT2D eigenvalue weighted by Crippen LogP contribution is 2.14. The van der Waals surface area contributed by atoms with E-state index in [9.17, 15) is 9.59 Å². The third kappa shape index (κ3) is 2.71. The maximum Gasteiger partial charge on any atom is 0.337 e. The minimum Gasteiger partial charge on any atom is -0.465 e. The van der Waals surface area contributed by atoms with Gasteiger partial charge in [0, 0.05) is 18.4 Å². The molecule has 2 rings (SSSR count). The summed E-state index contributed by atoms with van der Waals surface area (Å²) in [5, 5.41) is 2.76. The second-order valence-electron chi connectivity index (χ2n) is 4.45. The minimum atomic E-state index is -0.434. The maximum absolute atomic E-state index is 12.2. The Kier molecular flexibility index (Phi) is 3.89. The normalized spacial score (nSPS) is 10.2. The number of ether oxygens (including phenoxy) is 1. The molecule has 1 amide bonds. The molecule has 0 aliphatic rings. The first-order chi connectivity index (χ1) is 9.52. The van der Waals surface area contributed by atoms with Gasteiger partial charge in [0.15, 0.2) is 0 Å². The van der Waals surface area contributed by atoms with Crippen LogP contribution in [-0.4, -0.2) is 23.6 Å². The first kappa shape index (κ1) is 13.9. The number of nitrogens with zero attached hydrogens (tertiary/aromatic N) is 1. The third-order valence-corrected chi connectivity index (χ3v) is 3.15. The molecule has 0 bridgehead atoms.